The number of unbranched alkanes of at least 4 members (excludes halogenated alkanes) is 12. The second-order valence-electron chi connectivity index (χ2n) is 19.3. The monoisotopic (exact) mass is 842 g/mol. The number of ether oxygens (including phenoxy) is 6. The number of rotatable bonds is 23. The van der Waals surface area contributed by atoms with Crippen LogP contribution >= 0.6 is 0 Å². The first-order valence-electron chi connectivity index (χ1n) is 23.4. The molecular weight excluding hydrogens is 767 g/mol. The van der Waals surface area contributed by atoms with Gasteiger partial charge in [0.05, 0.1) is 30.5 Å². The minimum Gasteiger partial charge on any atom is -0.455 e. The molecule has 6 fully saturated rings. The maximum atomic E-state index is 14.5. The molecule has 338 valence electrons. The zero-order valence-electron chi connectivity index (χ0n) is 37.2. The Labute approximate surface area is 358 Å². The van der Waals surface area contributed by atoms with Crippen LogP contribution in [0.3, 0.4) is 0 Å². The SMILES string of the molecule is CCCCCCCCCCCCCCCC(=O)O[C@]12[C@H]3[C@@H](OC(=O)c4ccccc4)[C@](O)(C[C@H]3[C@@]34[C@@H](OC)C[C@@H](O)[C@@]5(COC)CN(CC)[C@@H]3[C@@H]1[C@H](OC)[C@H]54)[C@@H](OC)[C@@H]2O. The molecule has 1 aromatic rings. The molecule has 6 aliphatic rings. The highest BCUT2D eigenvalue weighted by atomic mass is 16.6. The number of fused-ring (bicyclic) bond motifs is 2. The number of likely N-dealkylation sites (tertiary alicyclic amines) is 1. The standard InChI is InChI=1S/C48H75NO11/c1-7-9-10-11-12-13-14-15-16-17-18-19-23-26-35(51)60-48-36-32(28-46(54,43(58-6)41(48)52)42(36)59-44(53)31-24-21-20-22-25-31)47-34(56-4)27-33(50)45(30-55-3)29-49(8-2)40(47)37(48)38(57-5)39(45)47/h20-22,24-25,32-34,36-43,50,52,54H,7-19,23,26-30H2,1-6H3/t32-,33-,34+,36-,37+,38+,39-,40-,41+,42-,43+,45+,46-,47+,48-/m1/s1. The summed E-state index contributed by atoms with van der Waals surface area (Å²) in [5.74, 6) is -3.47. The summed E-state index contributed by atoms with van der Waals surface area (Å²) in [5.41, 5.74) is -4.82. The Hall–Kier alpha value is -2.16. The number of carbonyl (C=O) groups is 2. The van der Waals surface area contributed by atoms with E-state index in [4.69, 9.17) is 28.4 Å². The van der Waals surface area contributed by atoms with Gasteiger partial charge in [-0.05, 0) is 37.4 Å². The van der Waals surface area contributed by atoms with E-state index in [2.05, 4.69) is 18.7 Å². The van der Waals surface area contributed by atoms with Gasteiger partial charge in [0.15, 0.2) is 5.60 Å². The molecule has 5 aliphatic carbocycles. The number of carbonyl (C=O) groups excluding carboxylic acids is 2. The Bertz CT molecular complexity index is 1600. The maximum Gasteiger partial charge on any atom is 0.338 e. The third-order valence-electron chi connectivity index (χ3n) is 16.6. The van der Waals surface area contributed by atoms with Crippen LogP contribution in [-0.4, -0.2) is 134 Å². The minimum atomic E-state index is -1.84. The van der Waals surface area contributed by atoms with E-state index in [1.54, 1.807) is 45.6 Å². The van der Waals surface area contributed by atoms with E-state index in [0.717, 1.165) is 19.3 Å². The second-order valence-corrected chi connectivity index (χ2v) is 19.3. The number of hydrogen-bond acceptors (Lipinski definition) is 12. The van der Waals surface area contributed by atoms with E-state index in [0.29, 0.717) is 31.5 Å². The van der Waals surface area contributed by atoms with Crippen LogP contribution in [0.25, 0.3) is 0 Å². The molecule has 5 saturated carbocycles. The topological polar surface area (TPSA) is 153 Å². The summed E-state index contributed by atoms with van der Waals surface area (Å²) in [6.07, 6.45) is 10.0. The lowest BCUT2D eigenvalue weighted by Crippen LogP contribution is -2.81. The fourth-order valence-electron chi connectivity index (χ4n) is 14.6. The average Bonchev–Trinajstić information content (AvgIpc) is 3.62. The first-order valence-corrected chi connectivity index (χ1v) is 23.4. The van der Waals surface area contributed by atoms with Gasteiger partial charge in [-0.15, -0.1) is 0 Å². The van der Waals surface area contributed by atoms with Crippen molar-refractivity contribution in [3.05, 3.63) is 35.9 Å². The van der Waals surface area contributed by atoms with Gasteiger partial charge in [0, 0.05) is 82.5 Å². The summed E-state index contributed by atoms with van der Waals surface area (Å²) in [4.78, 5) is 31.0. The third kappa shape index (κ3) is 7.10. The van der Waals surface area contributed by atoms with Crippen molar-refractivity contribution in [2.24, 2.45) is 34.5 Å². The van der Waals surface area contributed by atoms with Crippen molar-refractivity contribution in [1.82, 2.24) is 4.90 Å². The van der Waals surface area contributed by atoms with Crippen LogP contribution in [0, 0.1) is 34.5 Å². The molecule has 1 saturated heterocycles. The van der Waals surface area contributed by atoms with E-state index in [9.17, 15) is 24.9 Å². The lowest BCUT2D eigenvalue weighted by Gasteiger charge is -2.70. The van der Waals surface area contributed by atoms with Gasteiger partial charge < -0.3 is 43.7 Å². The van der Waals surface area contributed by atoms with Crippen molar-refractivity contribution in [3.63, 3.8) is 0 Å². The van der Waals surface area contributed by atoms with Crippen LogP contribution in [0.1, 0.15) is 127 Å². The van der Waals surface area contributed by atoms with Crippen molar-refractivity contribution in [2.75, 3.05) is 48.1 Å². The zero-order chi connectivity index (χ0) is 42.9. The number of nitrogens with zero attached hydrogens (tertiary/aromatic N) is 1. The smallest absolute Gasteiger partial charge is 0.338 e. The van der Waals surface area contributed by atoms with Crippen molar-refractivity contribution >= 4 is 11.9 Å². The fraction of sp³-hybridized carbons (Fsp3) is 0.833. The molecule has 60 heavy (non-hydrogen) atoms. The van der Waals surface area contributed by atoms with Gasteiger partial charge in [-0.3, -0.25) is 9.69 Å². The van der Waals surface area contributed by atoms with E-state index < -0.39 is 88.3 Å². The lowest BCUT2D eigenvalue weighted by atomic mass is 9.42. The Morgan fingerprint density at radius 1 is 0.800 bits per heavy atom. The fourth-order valence-corrected chi connectivity index (χ4v) is 14.6. The van der Waals surface area contributed by atoms with Crippen LogP contribution in [0.15, 0.2) is 30.3 Å². The summed E-state index contributed by atoms with van der Waals surface area (Å²) in [6, 6.07) is 8.32. The predicted octanol–water partition coefficient (Wildman–Crippen LogP) is 6.11. The summed E-state index contributed by atoms with van der Waals surface area (Å²) >= 11 is 0. The summed E-state index contributed by atoms with van der Waals surface area (Å²) in [5, 5.41) is 38.3. The maximum absolute atomic E-state index is 14.5. The molecule has 1 spiro atoms. The molecule has 0 aromatic heterocycles. The van der Waals surface area contributed by atoms with Gasteiger partial charge in [0.1, 0.15) is 23.9 Å². The van der Waals surface area contributed by atoms with Crippen molar-refractivity contribution in [3.8, 4) is 0 Å². The van der Waals surface area contributed by atoms with E-state index >= 15 is 0 Å². The number of methoxy groups -OCH3 is 4. The molecule has 15 atom stereocenters. The van der Waals surface area contributed by atoms with Gasteiger partial charge in [0.25, 0.3) is 0 Å². The zero-order valence-corrected chi connectivity index (χ0v) is 37.2. The molecule has 1 aromatic carbocycles. The Kier molecular flexibility index (Phi) is 14.4. The number of hydrogen-bond donors (Lipinski definition) is 3. The van der Waals surface area contributed by atoms with Crippen molar-refractivity contribution in [1.29, 1.82) is 0 Å². The number of esters is 2. The molecule has 7 bridgehead atoms. The first-order chi connectivity index (χ1) is 29.0. The summed E-state index contributed by atoms with van der Waals surface area (Å²) in [6.45, 7) is 5.68. The minimum absolute atomic E-state index is 0.0881. The Morgan fingerprint density at radius 2 is 1.43 bits per heavy atom. The van der Waals surface area contributed by atoms with Crippen molar-refractivity contribution in [2.45, 2.75) is 170 Å². The highest BCUT2D eigenvalue weighted by Gasteiger charge is 2.92. The quantitative estimate of drug-likeness (QED) is 0.0861. The lowest BCUT2D eigenvalue weighted by molar-refractivity contribution is -0.323. The molecule has 0 amide bonds. The number of benzene rings is 1. The van der Waals surface area contributed by atoms with Crippen LogP contribution in [0.2, 0.25) is 0 Å². The van der Waals surface area contributed by atoms with Crippen LogP contribution in [-0.2, 0) is 33.2 Å². The molecule has 7 rings (SSSR count). The van der Waals surface area contributed by atoms with Gasteiger partial charge in [-0.2, -0.15) is 0 Å². The van der Waals surface area contributed by atoms with Crippen LogP contribution in [0.4, 0.5) is 0 Å². The van der Waals surface area contributed by atoms with Crippen LogP contribution in [0.5, 0.6) is 0 Å². The number of aliphatic hydroxyl groups is 3. The molecule has 3 N–H and O–H groups in total. The molecule has 0 unspecified atom stereocenters. The largest absolute Gasteiger partial charge is 0.455 e. The molecule has 1 heterocycles. The first kappa shape index (κ1) is 45.9. The second kappa shape index (κ2) is 18.9. The predicted molar refractivity (Wildman–Crippen MR) is 225 cm³/mol. The normalized spacial score (nSPS) is 41.0. The van der Waals surface area contributed by atoms with Gasteiger partial charge in [-0.1, -0.05) is 109 Å². The number of piperidine rings is 1. The van der Waals surface area contributed by atoms with E-state index in [1.807, 2.05) is 6.07 Å². The van der Waals surface area contributed by atoms with Gasteiger partial charge in [0.2, 0.25) is 0 Å². The molecule has 1 aliphatic heterocycles. The van der Waals surface area contributed by atoms with Gasteiger partial charge >= 0.3 is 11.9 Å². The highest BCUT2D eigenvalue weighted by Crippen LogP contribution is 2.80. The Morgan fingerprint density at radius 3 is 2.00 bits per heavy atom. The van der Waals surface area contributed by atoms with Gasteiger partial charge in [-0.25, -0.2) is 4.79 Å². The van der Waals surface area contributed by atoms with E-state index in [-0.39, 0.29) is 31.4 Å². The average molecular weight is 842 g/mol. The Balaban J connectivity index is 1.23. The van der Waals surface area contributed by atoms with Crippen LogP contribution < -0.4 is 0 Å². The third-order valence-corrected chi connectivity index (χ3v) is 16.6. The summed E-state index contributed by atoms with van der Waals surface area (Å²) in [7, 11) is 6.41. The molecule has 12 heteroatoms. The molecular formula is C48H75NO11. The molecule has 12 nitrogen and oxygen atoms in total. The van der Waals surface area contributed by atoms with Crippen molar-refractivity contribution < 1.29 is 53.3 Å². The highest BCUT2D eigenvalue weighted by molar-refractivity contribution is 5.89. The molecule has 0 radical (unpaired) electrons. The summed E-state index contributed by atoms with van der Waals surface area (Å²) < 4.78 is 38.7. The number of aliphatic hydroxyl groups excluding tert-OH is 2. The van der Waals surface area contributed by atoms with E-state index in [1.165, 1.54) is 64.9 Å².